The Balaban J connectivity index is 1.27. The van der Waals surface area contributed by atoms with Crippen molar-refractivity contribution in [2.45, 2.75) is 43.4 Å². The summed E-state index contributed by atoms with van der Waals surface area (Å²) in [4.78, 5) is 20.4. The third-order valence-corrected chi connectivity index (χ3v) is 7.76. The Morgan fingerprint density at radius 1 is 1.21 bits per heavy atom. The number of piperazine rings is 1. The average molecular weight is 381 g/mol. The number of methoxy groups -OCH3 is 1. The van der Waals surface area contributed by atoms with E-state index in [2.05, 4.69) is 43.1 Å². The van der Waals surface area contributed by atoms with Crippen molar-refractivity contribution in [1.82, 2.24) is 20.0 Å². The molecular formula is C21H27N5O2. The number of H-pyrrole nitrogens is 1. The van der Waals surface area contributed by atoms with Gasteiger partial charge in [-0.05, 0) is 43.9 Å². The monoisotopic (exact) mass is 381 g/mol. The Labute approximate surface area is 164 Å². The van der Waals surface area contributed by atoms with Gasteiger partial charge in [-0.15, -0.1) is 0 Å². The van der Waals surface area contributed by atoms with Crippen LogP contribution in [0.15, 0.2) is 18.2 Å². The summed E-state index contributed by atoms with van der Waals surface area (Å²) in [5, 5.41) is 8.48. The molecular weight excluding hydrogens is 354 g/mol. The van der Waals surface area contributed by atoms with E-state index in [4.69, 9.17) is 4.74 Å². The SMILES string of the molecule is CO[C@@H]1CCN(c2ccc3c(C(=O)N4CCN5CCC56CCC46)n[nH]c3c2)C1. The number of benzene rings is 1. The third-order valence-electron chi connectivity index (χ3n) is 7.76. The van der Waals surface area contributed by atoms with Crippen LogP contribution >= 0.6 is 0 Å². The molecule has 4 fully saturated rings. The van der Waals surface area contributed by atoms with Gasteiger partial charge in [0.25, 0.3) is 5.91 Å². The molecule has 0 bridgehead atoms. The van der Waals surface area contributed by atoms with Gasteiger partial charge in [-0.1, -0.05) is 0 Å². The number of rotatable bonds is 3. The minimum absolute atomic E-state index is 0.0928. The number of ether oxygens (including phenoxy) is 1. The maximum absolute atomic E-state index is 13.4. The van der Waals surface area contributed by atoms with E-state index in [0.717, 1.165) is 55.6 Å². The van der Waals surface area contributed by atoms with Gasteiger partial charge in [-0.25, -0.2) is 0 Å². The van der Waals surface area contributed by atoms with Gasteiger partial charge >= 0.3 is 0 Å². The molecule has 28 heavy (non-hydrogen) atoms. The molecule has 3 aliphatic heterocycles. The highest BCUT2D eigenvalue weighted by molar-refractivity contribution is 6.05. The molecule has 1 aromatic heterocycles. The molecule has 1 aromatic carbocycles. The highest BCUT2D eigenvalue weighted by Crippen LogP contribution is 2.51. The smallest absolute Gasteiger partial charge is 0.275 e. The summed E-state index contributed by atoms with van der Waals surface area (Å²) in [5.41, 5.74) is 2.97. The van der Waals surface area contributed by atoms with Crippen LogP contribution in [0.2, 0.25) is 0 Å². The van der Waals surface area contributed by atoms with Crippen molar-refractivity contribution in [2.75, 3.05) is 44.7 Å². The van der Waals surface area contributed by atoms with Crippen molar-refractivity contribution in [3.8, 4) is 0 Å². The molecule has 3 saturated heterocycles. The fourth-order valence-electron chi connectivity index (χ4n) is 5.89. The number of hydrogen-bond acceptors (Lipinski definition) is 5. The number of hydrogen-bond donors (Lipinski definition) is 1. The van der Waals surface area contributed by atoms with Gasteiger partial charge in [-0.3, -0.25) is 14.8 Å². The number of amides is 1. The van der Waals surface area contributed by atoms with Crippen LogP contribution in [0.3, 0.4) is 0 Å². The van der Waals surface area contributed by atoms with Crippen LogP contribution in [0.4, 0.5) is 5.69 Å². The van der Waals surface area contributed by atoms with E-state index in [1.54, 1.807) is 7.11 Å². The van der Waals surface area contributed by atoms with E-state index in [9.17, 15) is 4.79 Å². The first-order chi connectivity index (χ1) is 13.7. The van der Waals surface area contributed by atoms with Crippen molar-refractivity contribution in [3.05, 3.63) is 23.9 Å². The number of aromatic nitrogens is 2. The fourth-order valence-corrected chi connectivity index (χ4v) is 5.89. The molecule has 4 aliphatic rings. The standard InChI is InChI=1S/C21H27N5O2/c1-28-15-5-8-24(13-15)14-2-3-16-17(12-14)22-23-19(16)20(27)26-11-10-25-9-7-21(25)6-4-18(21)26/h2-3,12,15,18H,4-11,13H2,1H3,(H,22,23)/t15-,18?,21?/m1/s1. The molecule has 7 nitrogen and oxygen atoms in total. The van der Waals surface area contributed by atoms with Crippen LogP contribution in [-0.2, 0) is 4.74 Å². The Morgan fingerprint density at radius 2 is 2.14 bits per heavy atom. The number of nitrogens with one attached hydrogen (secondary N) is 1. The first kappa shape index (κ1) is 16.8. The molecule has 2 aromatic rings. The topological polar surface area (TPSA) is 64.7 Å². The number of anilines is 1. The molecule has 1 amide bonds. The lowest BCUT2D eigenvalue weighted by atomic mass is 9.61. The molecule has 7 heteroatoms. The number of carbonyl (C=O) groups excluding carboxylic acids is 1. The zero-order valence-corrected chi connectivity index (χ0v) is 16.4. The summed E-state index contributed by atoms with van der Waals surface area (Å²) >= 11 is 0. The second-order valence-electron chi connectivity index (χ2n) is 8.79. The first-order valence-corrected chi connectivity index (χ1v) is 10.5. The minimum atomic E-state index is 0.0928. The molecule has 1 spiro atoms. The molecule has 0 radical (unpaired) electrons. The summed E-state index contributed by atoms with van der Waals surface area (Å²) in [6.45, 7) is 4.94. The van der Waals surface area contributed by atoms with Crippen molar-refractivity contribution in [2.24, 2.45) is 0 Å². The Hall–Kier alpha value is -2.12. The summed E-state index contributed by atoms with van der Waals surface area (Å²) < 4.78 is 5.48. The largest absolute Gasteiger partial charge is 0.380 e. The molecule has 2 unspecified atom stereocenters. The normalized spacial score (nSPS) is 32.0. The fraction of sp³-hybridized carbons (Fsp3) is 0.619. The molecule has 6 rings (SSSR count). The highest BCUT2D eigenvalue weighted by atomic mass is 16.5. The predicted molar refractivity (Wildman–Crippen MR) is 107 cm³/mol. The zero-order valence-electron chi connectivity index (χ0n) is 16.4. The molecule has 1 aliphatic carbocycles. The Kier molecular flexibility index (Phi) is 3.56. The van der Waals surface area contributed by atoms with Crippen LogP contribution in [0, 0.1) is 0 Å². The third kappa shape index (κ3) is 2.17. The van der Waals surface area contributed by atoms with Gasteiger partial charge in [-0.2, -0.15) is 5.10 Å². The number of aromatic amines is 1. The maximum atomic E-state index is 13.4. The second kappa shape index (κ2) is 5.94. The highest BCUT2D eigenvalue weighted by Gasteiger charge is 2.61. The van der Waals surface area contributed by atoms with Crippen LogP contribution in [-0.4, -0.2) is 83.4 Å². The number of fused-ring (bicyclic) bond motifs is 1. The summed E-state index contributed by atoms with van der Waals surface area (Å²) in [6.07, 6.45) is 4.96. The van der Waals surface area contributed by atoms with Crippen molar-refractivity contribution in [3.63, 3.8) is 0 Å². The average Bonchev–Trinajstić information content (AvgIpc) is 3.30. The van der Waals surface area contributed by atoms with Gasteiger partial charge in [0.1, 0.15) is 0 Å². The number of carbonyl (C=O) groups is 1. The maximum Gasteiger partial charge on any atom is 0.275 e. The van der Waals surface area contributed by atoms with Gasteiger partial charge in [0.05, 0.1) is 17.7 Å². The lowest BCUT2D eigenvalue weighted by Gasteiger charge is -2.68. The van der Waals surface area contributed by atoms with E-state index in [1.807, 2.05) is 0 Å². The van der Waals surface area contributed by atoms with E-state index in [-0.39, 0.29) is 5.91 Å². The van der Waals surface area contributed by atoms with E-state index >= 15 is 0 Å². The van der Waals surface area contributed by atoms with E-state index in [0.29, 0.717) is 23.4 Å². The van der Waals surface area contributed by atoms with Crippen molar-refractivity contribution in [1.29, 1.82) is 0 Å². The number of nitrogens with zero attached hydrogens (tertiary/aromatic N) is 4. The lowest BCUT2D eigenvalue weighted by Crippen LogP contribution is -2.79. The molecule has 148 valence electrons. The molecule has 1 saturated carbocycles. The van der Waals surface area contributed by atoms with E-state index in [1.165, 1.54) is 19.4 Å². The van der Waals surface area contributed by atoms with Crippen LogP contribution in [0.5, 0.6) is 0 Å². The molecule has 3 atom stereocenters. The second-order valence-corrected chi connectivity index (χ2v) is 8.79. The van der Waals surface area contributed by atoms with Gasteiger partial charge in [0.2, 0.25) is 0 Å². The van der Waals surface area contributed by atoms with Crippen LogP contribution in [0.25, 0.3) is 10.9 Å². The molecule has 1 N–H and O–H groups in total. The van der Waals surface area contributed by atoms with E-state index < -0.39 is 0 Å². The van der Waals surface area contributed by atoms with Crippen molar-refractivity contribution >= 4 is 22.5 Å². The quantitative estimate of drug-likeness (QED) is 0.879. The minimum Gasteiger partial charge on any atom is -0.380 e. The lowest BCUT2D eigenvalue weighted by molar-refractivity contribution is -0.161. The van der Waals surface area contributed by atoms with Gasteiger partial charge in [0, 0.05) is 56.4 Å². The van der Waals surface area contributed by atoms with Crippen LogP contribution < -0.4 is 4.90 Å². The van der Waals surface area contributed by atoms with Gasteiger partial charge in [0.15, 0.2) is 5.69 Å². The summed E-state index contributed by atoms with van der Waals surface area (Å²) in [6, 6.07) is 6.66. The van der Waals surface area contributed by atoms with Crippen molar-refractivity contribution < 1.29 is 9.53 Å². The first-order valence-electron chi connectivity index (χ1n) is 10.5. The predicted octanol–water partition coefficient (Wildman–Crippen LogP) is 1.85. The molecule has 4 heterocycles. The Bertz CT molecular complexity index is 938. The summed E-state index contributed by atoms with van der Waals surface area (Å²) in [7, 11) is 1.78. The summed E-state index contributed by atoms with van der Waals surface area (Å²) in [5.74, 6) is 0.0928. The van der Waals surface area contributed by atoms with Crippen LogP contribution in [0.1, 0.15) is 36.2 Å². The zero-order chi connectivity index (χ0) is 18.9. The Morgan fingerprint density at radius 3 is 2.86 bits per heavy atom. The van der Waals surface area contributed by atoms with Gasteiger partial charge < -0.3 is 14.5 Å².